The Morgan fingerprint density at radius 2 is 2.07 bits per heavy atom. The van der Waals surface area contributed by atoms with E-state index in [4.69, 9.17) is 4.74 Å². The normalized spacial score (nSPS) is 16.3. The zero-order valence-electron chi connectivity index (χ0n) is 15.6. The van der Waals surface area contributed by atoms with Gasteiger partial charge in [0, 0.05) is 29.8 Å². The summed E-state index contributed by atoms with van der Waals surface area (Å²) in [6, 6.07) is 0.119. The monoisotopic (exact) mass is 432 g/mol. The molecular formula is C18H17F5N4O3. The summed E-state index contributed by atoms with van der Waals surface area (Å²) in [5.41, 5.74) is -0.186. The van der Waals surface area contributed by atoms with E-state index in [1.807, 2.05) is 0 Å². The molecule has 3 rings (SSSR count). The van der Waals surface area contributed by atoms with E-state index in [-0.39, 0.29) is 22.7 Å². The number of fused-ring (bicyclic) bond motifs is 1. The van der Waals surface area contributed by atoms with E-state index in [0.29, 0.717) is 18.2 Å². The molecule has 162 valence electrons. The Balaban J connectivity index is 1.77. The molecule has 1 aliphatic heterocycles. The number of carbonyl (C=O) groups is 2. The number of H-pyrrole nitrogens is 1. The molecule has 1 aliphatic rings. The van der Waals surface area contributed by atoms with Crippen molar-refractivity contribution < 1.29 is 36.3 Å². The zero-order chi connectivity index (χ0) is 22.1. The second-order valence-electron chi connectivity index (χ2n) is 6.59. The van der Waals surface area contributed by atoms with Crippen LogP contribution in [-0.2, 0) is 17.6 Å². The molecule has 2 amide bonds. The third kappa shape index (κ3) is 4.69. The van der Waals surface area contributed by atoms with Crippen molar-refractivity contribution in [2.45, 2.75) is 38.4 Å². The van der Waals surface area contributed by atoms with Crippen molar-refractivity contribution in [2.75, 3.05) is 11.9 Å². The standard InChI is InChI=1S/C18H17F5N4O3/c1-2-11-9(3-4-18(21,22)23)14(27-26-11)17(29)24-12-7-30-13-6-8(19)5-10(20)15(13)25-16(12)28/h5-6,12H,2-4,7H2,1H3,(H,24,29)(H,25,28)(H,26,27). The van der Waals surface area contributed by atoms with E-state index in [1.54, 1.807) is 6.92 Å². The molecule has 0 radical (unpaired) electrons. The summed E-state index contributed by atoms with van der Waals surface area (Å²) in [5.74, 6) is -3.96. The van der Waals surface area contributed by atoms with Gasteiger partial charge in [0.1, 0.15) is 29.9 Å². The van der Waals surface area contributed by atoms with Crippen molar-refractivity contribution in [1.29, 1.82) is 0 Å². The molecule has 1 atom stereocenters. The summed E-state index contributed by atoms with van der Waals surface area (Å²) in [6.07, 6.45) is -5.71. The minimum absolute atomic E-state index is 0.0960. The van der Waals surface area contributed by atoms with E-state index in [0.717, 1.165) is 6.07 Å². The Kier molecular flexibility index (Phi) is 5.94. The predicted molar refractivity (Wildman–Crippen MR) is 94.1 cm³/mol. The lowest BCUT2D eigenvalue weighted by Gasteiger charge is -2.15. The van der Waals surface area contributed by atoms with E-state index < -0.39 is 55.1 Å². The molecule has 1 aromatic heterocycles. The number of halogens is 5. The first-order chi connectivity index (χ1) is 14.1. The Morgan fingerprint density at radius 3 is 2.73 bits per heavy atom. The molecule has 1 aromatic carbocycles. The van der Waals surface area contributed by atoms with Gasteiger partial charge in [-0.1, -0.05) is 6.92 Å². The van der Waals surface area contributed by atoms with Gasteiger partial charge in [-0.3, -0.25) is 14.7 Å². The Labute approximate surface area is 167 Å². The minimum Gasteiger partial charge on any atom is -0.488 e. The summed E-state index contributed by atoms with van der Waals surface area (Å²) in [4.78, 5) is 24.9. The van der Waals surface area contributed by atoms with Gasteiger partial charge in [-0.2, -0.15) is 18.3 Å². The van der Waals surface area contributed by atoms with Crippen molar-refractivity contribution in [3.63, 3.8) is 0 Å². The van der Waals surface area contributed by atoms with Gasteiger partial charge in [-0.15, -0.1) is 0 Å². The number of aromatic nitrogens is 2. The van der Waals surface area contributed by atoms with Gasteiger partial charge in [0.05, 0.1) is 0 Å². The molecule has 12 heteroatoms. The van der Waals surface area contributed by atoms with Gasteiger partial charge in [0.15, 0.2) is 11.5 Å². The lowest BCUT2D eigenvalue weighted by molar-refractivity contribution is -0.134. The Bertz CT molecular complexity index is 973. The van der Waals surface area contributed by atoms with Crippen LogP contribution in [0.15, 0.2) is 12.1 Å². The number of hydrogen-bond donors (Lipinski definition) is 3. The van der Waals surface area contributed by atoms with E-state index in [2.05, 4.69) is 20.8 Å². The molecule has 2 heterocycles. The second kappa shape index (κ2) is 8.28. The smallest absolute Gasteiger partial charge is 0.389 e. The number of benzene rings is 1. The third-order valence-corrected chi connectivity index (χ3v) is 4.47. The highest BCUT2D eigenvalue weighted by Crippen LogP contribution is 2.31. The summed E-state index contributed by atoms with van der Waals surface area (Å²) in [6.45, 7) is 1.24. The zero-order valence-corrected chi connectivity index (χ0v) is 15.6. The molecule has 3 N–H and O–H groups in total. The molecular weight excluding hydrogens is 415 g/mol. The number of aryl methyl sites for hydroxylation is 1. The molecule has 7 nitrogen and oxygen atoms in total. The molecule has 0 aliphatic carbocycles. The number of hydrogen-bond acceptors (Lipinski definition) is 4. The number of carbonyl (C=O) groups excluding carboxylic acids is 2. The lowest BCUT2D eigenvalue weighted by Crippen LogP contribution is -2.46. The number of aromatic amines is 1. The lowest BCUT2D eigenvalue weighted by atomic mass is 10.0. The quantitative estimate of drug-likeness (QED) is 0.634. The maximum absolute atomic E-state index is 13.9. The number of ether oxygens (including phenoxy) is 1. The average molecular weight is 432 g/mol. The number of rotatable bonds is 5. The maximum atomic E-state index is 13.9. The van der Waals surface area contributed by atoms with Crippen molar-refractivity contribution in [2.24, 2.45) is 0 Å². The summed E-state index contributed by atoms with van der Waals surface area (Å²) in [5, 5.41) is 10.8. The van der Waals surface area contributed by atoms with Crippen LogP contribution >= 0.6 is 0 Å². The van der Waals surface area contributed by atoms with Gasteiger partial charge in [0.2, 0.25) is 0 Å². The van der Waals surface area contributed by atoms with Crippen LogP contribution in [0.5, 0.6) is 5.75 Å². The third-order valence-electron chi connectivity index (χ3n) is 4.47. The molecule has 0 fully saturated rings. The highest BCUT2D eigenvalue weighted by molar-refractivity contribution is 6.02. The van der Waals surface area contributed by atoms with Gasteiger partial charge in [0.25, 0.3) is 11.8 Å². The predicted octanol–water partition coefficient (Wildman–Crippen LogP) is 2.87. The molecule has 1 unspecified atom stereocenters. The van der Waals surface area contributed by atoms with E-state index >= 15 is 0 Å². The number of nitrogens with zero attached hydrogens (tertiary/aromatic N) is 1. The van der Waals surface area contributed by atoms with Gasteiger partial charge < -0.3 is 15.4 Å². The molecule has 0 spiro atoms. The van der Waals surface area contributed by atoms with Crippen LogP contribution in [0.4, 0.5) is 27.6 Å². The van der Waals surface area contributed by atoms with Crippen molar-refractivity contribution in [3.8, 4) is 5.75 Å². The number of nitrogens with one attached hydrogen (secondary N) is 3. The van der Waals surface area contributed by atoms with Gasteiger partial charge in [-0.05, 0) is 12.8 Å². The number of anilines is 1. The fraction of sp³-hybridized carbons (Fsp3) is 0.389. The first-order valence-electron chi connectivity index (χ1n) is 8.95. The largest absolute Gasteiger partial charge is 0.488 e. The molecule has 0 saturated heterocycles. The van der Waals surface area contributed by atoms with E-state index in [1.165, 1.54) is 0 Å². The fourth-order valence-electron chi connectivity index (χ4n) is 3.00. The van der Waals surface area contributed by atoms with Crippen LogP contribution < -0.4 is 15.4 Å². The Morgan fingerprint density at radius 1 is 1.33 bits per heavy atom. The topological polar surface area (TPSA) is 96.1 Å². The SMILES string of the molecule is CCc1[nH]nc(C(=O)NC2COc3cc(F)cc(F)c3NC2=O)c1CCC(F)(F)F. The van der Waals surface area contributed by atoms with Gasteiger partial charge >= 0.3 is 6.18 Å². The molecule has 0 saturated carbocycles. The van der Waals surface area contributed by atoms with Crippen LogP contribution in [0.2, 0.25) is 0 Å². The van der Waals surface area contributed by atoms with E-state index in [9.17, 15) is 31.5 Å². The molecule has 30 heavy (non-hydrogen) atoms. The second-order valence-corrected chi connectivity index (χ2v) is 6.59. The highest BCUT2D eigenvalue weighted by atomic mass is 19.4. The first kappa shape index (κ1) is 21.5. The van der Waals surface area contributed by atoms with Crippen molar-refractivity contribution in [1.82, 2.24) is 15.5 Å². The summed E-state index contributed by atoms with van der Waals surface area (Å²) in [7, 11) is 0. The fourth-order valence-corrected chi connectivity index (χ4v) is 3.00. The summed E-state index contributed by atoms with van der Waals surface area (Å²) < 4.78 is 70.3. The maximum Gasteiger partial charge on any atom is 0.389 e. The minimum atomic E-state index is -4.42. The molecule has 2 aromatic rings. The highest BCUT2D eigenvalue weighted by Gasteiger charge is 2.32. The van der Waals surface area contributed by atoms with Crippen LogP contribution in [0.25, 0.3) is 0 Å². The Hall–Kier alpha value is -3.18. The average Bonchev–Trinajstić information content (AvgIpc) is 3.01. The van der Waals surface area contributed by atoms with Crippen LogP contribution in [0, 0.1) is 11.6 Å². The van der Waals surface area contributed by atoms with Crippen molar-refractivity contribution in [3.05, 3.63) is 40.7 Å². The number of alkyl halides is 3. The first-order valence-corrected chi connectivity index (χ1v) is 8.95. The van der Waals surface area contributed by atoms with Crippen LogP contribution in [0.1, 0.15) is 35.1 Å². The van der Waals surface area contributed by atoms with Gasteiger partial charge in [-0.25, -0.2) is 8.78 Å². The van der Waals surface area contributed by atoms with Crippen LogP contribution in [-0.4, -0.2) is 40.8 Å². The summed E-state index contributed by atoms with van der Waals surface area (Å²) >= 11 is 0. The number of amides is 2. The molecule has 0 bridgehead atoms. The van der Waals surface area contributed by atoms with Crippen molar-refractivity contribution >= 4 is 17.5 Å². The van der Waals surface area contributed by atoms with Crippen LogP contribution in [0.3, 0.4) is 0 Å².